The number of hydrogen-bond donors (Lipinski definition) is 1. The molecule has 58 valence electrons. The Kier molecular flexibility index (Phi) is 5.66. The van der Waals surface area contributed by atoms with E-state index >= 15 is 0 Å². The lowest BCUT2D eigenvalue weighted by atomic mass is 10.2. The molecule has 0 radical (unpaired) electrons. The van der Waals surface area contributed by atoms with Gasteiger partial charge in [0, 0.05) is 6.42 Å². The molecule has 0 spiro atoms. The van der Waals surface area contributed by atoms with E-state index in [-0.39, 0.29) is 13.1 Å². The van der Waals surface area contributed by atoms with Crippen LogP contribution in [0.15, 0.2) is 0 Å². The maximum atomic E-state index is 9.80. The minimum Gasteiger partial charge on any atom is -0.462 e. The maximum Gasteiger partial charge on any atom is 0.293 e. The number of hydrogen-bond acceptors (Lipinski definition) is 4. The van der Waals surface area contributed by atoms with Gasteiger partial charge in [0.2, 0.25) is 0 Å². The summed E-state index contributed by atoms with van der Waals surface area (Å²) in [5.74, 6) is 0. The molecule has 0 saturated heterocycles. The molecule has 0 aromatic rings. The average molecular weight is 146 g/mol. The molecule has 0 rings (SSSR count). The fourth-order valence-electron chi connectivity index (χ4n) is 0.535. The molecule has 10 heavy (non-hydrogen) atoms. The van der Waals surface area contributed by atoms with Gasteiger partial charge in [0.15, 0.2) is 0 Å². The number of aliphatic hydroxyl groups is 1. The van der Waals surface area contributed by atoms with Crippen LogP contribution in [0, 0.1) is 0 Å². The Hall–Kier alpha value is -0.900. The summed E-state index contributed by atoms with van der Waals surface area (Å²) in [5.41, 5.74) is 0. The van der Waals surface area contributed by atoms with Gasteiger partial charge < -0.3 is 14.6 Å². The van der Waals surface area contributed by atoms with E-state index in [2.05, 4.69) is 4.74 Å². The van der Waals surface area contributed by atoms with E-state index in [0.717, 1.165) is 6.29 Å². The van der Waals surface area contributed by atoms with Crippen LogP contribution in [0.5, 0.6) is 0 Å². The maximum absolute atomic E-state index is 9.80. The molecular formula is C6H10O4. The molecule has 0 saturated carbocycles. The van der Waals surface area contributed by atoms with E-state index in [1.54, 1.807) is 0 Å². The van der Waals surface area contributed by atoms with Gasteiger partial charge in [-0.05, 0) is 6.42 Å². The van der Waals surface area contributed by atoms with Crippen molar-refractivity contribution in [2.45, 2.75) is 18.9 Å². The normalized spacial score (nSPS) is 12.1. The second-order valence-corrected chi connectivity index (χ2v) is 1.78. The molecule has 4 nitrogen and oxygen atoms in total. The SMILES string of the molecule is O=CCCC(CO)OC=O. The predicted molar refractivity (Wildman–Crippen MR) is 33.3 cm³/mol. The minimum atomic E-state index is -0.525. The second kappa shape index (κ2) is 6.22. The zero-order valence-electron chi connectivity index (χ0n) is 5.53. The van der Waals surface area contributed by atoms with Crippen molar-refractivity contribution in [3.63, 3.8) is 0 Å². The highest BCUT2D eigenvalue weighted by molar-refractivity contribution is 5.49. The lowest BCUT2D eigenvalue weighted by molar-refractivity contribution is -0.136. The number of carbonyl (C=O) groups is 2. The molecule has 0 aromatic heterocycles. The zero-order chi connectivity index (χ0) is 7.82. The fraction of sp³-hybridized carbons (Fsp3) is 0.667. The molecule has 0 bridgehead atoms. The van der Waals surface area contributed by atoms with Gasteiger partial charge in [-0.25, -0.2) is 0 Å². The van der Waals surface area contributed by atoms with Crippen LogP contribution >= 0.6 is 0 Å². The van der Waals surface area contributed by atoms with E-state index in [9.17, 15) is 9.59 Å². The van der Waals surface area contributed by atoms with Gasteiger partial charge in [-0.1, -0.05) is 0 Å². The number of aliphatic hydroxyl groups excluding tert-OH is 1. The summed E-state index contributed by atoms with van der Waals surface area (Å²) in [6.07, 6.45) is 0.886. The first-order chi connectivity index (χ1) is 4.85. The summed E-state index contributed by atoms with van der Waals surface area (Å²) in [6.45, 7) is 0.0399. The summed E-state index contributed by atoms with van der Waals surface area (Å²) in [5, 5.41) is 8.48. The molecule has 0 fully saturated rings. The van der Waals surface area contributed by atoms with E-state index in [4.69, 9.17) is 5.11 Å². The van der Waals surface area contributed by atoms with Crippen molar-refractivity contribution >= 4 is 12.8 Å². The Morgan fingerprint density at radius 2 is 2.20 bits per heavy atom. The highest BCUT2D eigenvalue weighted by atomic mass is 16.5. The van der Waals surface area contributed by atoms with Crippen LogP contribution in [0.1, 0.15) is 12.8 Å². The van der Waals surface area contributed by atoms with Gasteiger partial charge in [-0.3, -0.25) is 4.79 Å². The highest BCUT2D eigenvalue weighted by Crippen LogP contribution is 1.97. The van der Waals surface area contributed by atoms with Gasteiger partial charge in [0.1, 0.15) is 12.4 Å². The van der Waals surface area contributed by atoms with Crippen LogP contribution in [-0.4, -0.2) is 30.6 Å². The van der Waals surface area contributed by atoms with Crippen LogP contribution in [0.25, 0.3) is 0 Å². The first kappa shape index (κ1) is 9.10. The van der Waals surface area contributed by atoms with E-state index in [0.29, 0.717) is 12.8 Å². The lowest BCUT2D eigenvalue weighted by Crippen LogP contribution is -2.16. The monoisotopic (exact) mass is 146 g/mol. The quantitative estimate of drug-likeness (QED) is 0.513. The zero-order valence-corrected chi connectivity index (χ0v) is 5.53. The first-order valence-electron chi connectivity index (χ1n) is 2.98. The topological polar surface area (TPSA) is 63.6 Å². The third-order valence-corrected chi connectivity index (χ3v) is 1.06. The largest absolute Gasteiger partial charge is 0.462 e. The Morgan fingerprint density at radius 3 is 2.60 bits per heavy atom. The number of aldehydes is 1. The smallest absolute Gasteiger partial charge is 0.293 e. The minimum absolute atomic E-state index is 0.230. The van der Waals surface area contributed by atoms with Gasteiger partial charge in [-0.2, -0.15) is 0 Å². The van der Waals surface area contributed by atoms with Crippen molar-refractivity contribution in [3.8, 4) is 0 Å². The van der Waals surface area contributed by atoms with Crippen molar-refractivity contribution in [1.82, 2.24) is 0 Å². The van der Waals surface area contributed by atoms with Crippen molar-refractivity contribution in [3.05, 3.63) is 0 Å². The molecule has 0 aromatic carbocycles. The number of carbonyl (C=O) groups excluding carboxylic acids is 2. The third kappa shape index (κ3) is 4.03. The first-order valence-corrected chi connectivity index (χ1v) is 2.98. The molecule has 1 N–H and O–H groups in total. The average Bonchev–Trinajstić information content (AvgIpc) is 1.98. The molecule has 0 aliphatic carbocycles. The van der Waals surface area contributed by atoms with E-state index in [1.807, 2.05) is 0 Å². The van der Waals surface area contributed by atoms with Crippen molar-refractivity contribution in [1.29, 1.82) is 0 Å². The van der Waals surface area contributed by atoms with Crippen molar-refractivity contribution in [2.24, 2.45) is 0 Å². The van der Waals surface area contributed by atoms with E-state index in [1.165, 1.54) is 0 Å². The van der Waals surface area contributed by atoms with Crippen LogP contribution in [0.3, 0.4) is 0 Å². The highest BCUT2D eigenvalue weighted by Gasteiger charge is 2.05. The number of rotatable bonds is 6. The van der Waals surface area contributed by atoms with Crippen LogP contribution < -0.4 is 0 Å². The molecule has 0 aliphatic rings. The van der Waals surface area contributed by atoms with Gasteiger partial charge >= 0.3 is 0 Å². The standard InChI is InChI=1S/C6H10O4/c7-3-1-2-6(4-8)10-5-9/h3,5-6,8H,1-2,4H2. The Balaban J connectivity index is 3.38. The molecule has 1 unspecified atom stereocenters. The third-order valence-electron chi connectivity index (χ3n) is 1.06. The predicted octanol–water partition coefficient (Wildman–Crippen LogP) is -0.501. The summed E-state index contributed by atoms with van der Waals surface area (Å²) < 4.78 is 4.40. The van der Waals surface area contributed by atoms with E-state index < -0.39 is 6.10 Å². The number of ether oxygens (including phenoxy) is 1. The van der Waals surface area contributed by atoms with Crippen molar-refractivity contribution < 1.29 is 19.4 Å². The summed E-state index contributed by atoms with van der Waals surface area (Å²) >= 11 is 0. The Morgan fingerprint density at radius 1 is 1.50 bits per heavy atom. The molecule has 0 amide bonds. The molecule has 0 heterocycles. The summed E-state index contributed by atoms with van der Waals surface area (Å²) in [6, 6.07) is 0. The summed E-state index contributed by atoms with van der Waals surface area (Å²) in [7, 11) is 0. The van der Waals surface area contributed by atoms with Gasteiger partial charge in [0.25, 0.3) is 6.47 Å². The molecule has 4 heteroatoms. The van der Waals surface area contributed by atoms with Crippen LogP contribution in [-0.2, 0) is 14.3 Å². The second-order valence-electron chi connectivity index (χ2n) is 1.78. The molecular weight excluding hydrogens is 136 g/mol. The van der Waals surface area contributed by atoms with Crippen LogP contribution in [0.2, 0.25) is 0 Å². The Bertz CT molecular complexity index is 102. The van der Waals surface area contributed by atoms with Gasteiger partial charge in [0.05, 0.1) is 6.61 Å². The lowest BCUT2D eigenvalue weighted by Gasteiger charge is -2.08. The van der Waals surface area contributed by atoms with Gasteiger partial charge in [-0.15, -0.1) is 0 Å². The fourth-order valence-corrected chi connectivity index (χ4v) is 0.535. The van der Waals surface area contributed by atoms with Crippen LogP contribution in [0.4, 0.5) is 0 Å². The summed E-state index contributed by atoms with van der Waals surface area (Å²) in [4.78, 5) is 19.5. The molecule has 0 aliphatic heterocycles. The molecule has 1 atom stereocenters. The van der Waals surface area contributed by atoms with Crippen molar-refractivity contribution in [2.75, 3.05) is 6.61 Å². The Labute approximate surface area is 58.8 Å².